The molecule has 1 aromatic rings. The summed E-state index contributed by atoms with van der Waals surface area (Å²) in [7, 11) is 0. The molecule has 0 aromatic carbocycles. The van der Waals surface area contributed by atoms with E-state index in [9.17, 15) is 9.59 Å². The van der Waals surface area contributed by atoms with Crippen molar-refractivity contribution in [1.29, 1.82) is 0 Å². The Morgan fingerprint density at radius 2 is 2.35 bits per heavy atom. The summed E-state index contributed by atoms with van der Waals surface area (Å²) in [6.45, 7) is 1.52. The molecule has 1 aliphatic rings. The summed E-state index contributed by atoms with van der Waals surface area (Å²) in [6, 6.07) is 1.57. The maximum atomic E-state index is 11.5. The third-order valence-electron chi connectivity index (χ3n) is 2.44. The van der Waals surface area contributed by atoms with E-state index in [2.05, 4.69) is 5.32 Å². The van der Waals surface area contributed by atoms with Gasteiger partial charge < -0.3 is 9.73 Å². The molecule has 0 radical (unpaired) electrons. The molecule has 0 spiro atoms. The highest BCUT2D eigenvalue weighted by atomic mass is 16.7. The maximum Gasteiger partial charge on any atom is 0.254 e. The first-order valence-corrected chi connectivity index (χ1v) is 5.51. The van der Waals surface area contributed by atoms with Crippen molar-refractivity contribution >= 4 is 11.8 Å². The van der Waals surface area contributed by atoms with Crippen LogP contribution in [0, 0.1) is 0 Å². The molecule has 2 heterocycles. The van der Waals surface area contributed by atoms with Gasteiger partial charge in [-0.05, 0) is 12.5 Å². The normalized spacial score (nSPS) is 14.9. The molecule has 17 heavy (non-hydrogen) atoms. The van der Waals surface area contributed by atoms with Gasteiger partial charge in [0.1, 0.15) is 6.26 Å². The summed E-state index contributed by atoms with van der Waals surface area (Å²) < 4.78 is 4.79. The van der Waals surface area contributed by atoms with Gasteiger partial charge in [0.2, 0.25) is 5.91 Å². The molecule has 1 fully saturated rings. The van der Waals surface area contributed by atoms with Crippen LogP contribution in [-0.2, 0) is 9.63 Å². The first kappa shape index (κ1) is 11.7. The summed E-state index contributed by atoms with van der Waals surface area (Å²) in [6.07, 6.45) is 3.90. The van der Waals surface area contributed by atoms with Gasteiger partial charge in [-0.15, -0.1) is 0 Å². The molecular formula is C11H14N2O4. The second-order valence-electron chi connectivity index (χ2n) is 3.70. The van der Waals surface area contributed by atoms with Gasteiger partial charge >= 0.3 is 0 Å². The number of nitrogens with zero attached hydrogens (tertiary/aromatic N) is 1. The van der Waals surface area contributed by atoms with Gasteiger partial charge in [0.15, 0.2) is 0 Å². The van der Waals surface area contributed by atoms with Crippen LogP contribution in [0.5, 0.6) is 0 Å². The lowest BCUT2D eigenvalue weighted by Gasteiger charge is -2.13. The number of nitrogens with one attached hydrogen (secondary N) is 1. The molecule has 1 N–H and O–H groups in total. The van der Waals surface area contributed by atoms with Crippen LogP contribution in [0.2, 0.25) is 0 Å². The van der Waals surface area contributed by atoms with Gasteiger partial charge in [-0.2, -0.15) is 0 Å². The average molecular weight is 238 g/mol. The Labute approximate surface area is 98.5 Å². The molecule has 0 saturated carbocycles. The van der Waals surface area contributed by atoms with Crippen LogP contribution >= 0.6 is 0 Å². The van der Waals surface area contributed by atoms with E-state index in [1.54, 1.807) is 6.07 Å². The first-order chi connectivity index (χ1) is 8.27. The zero-order valence-corrected chi connectivity index (χ0v) is 9.35. The van der Waals surface area contributed by atoms with E-state index in [1.807, 2.05) is 0 Å². The van der Waals surface area contributed by atoms with Crippen LogP contribution in [0.4, 0.5) is 0 Å². The predicted molar refractivity (Wildman–Crippen MR) is 57.9 cm³/mol. The molecule has 1 aliphatic heterocycles. The van der Waals surface area contributed by atoms with E-state index < -0.39 is 0 Å². The summed E-state index contributed by atoms with van der Waals surface area (Å²) in [4.78, 5) is 28.1. The number of carbonyl (C=O) groups is 2. The number of rotatable bonds is 4. The van der Waals surface area contributed by atoms with Crippen LogP contribution < -0.4 is 5.32 Å². The Hall–Kier alpha value is -1.82. The standard InChI is InChI=1S/C11H14N2O4/c14-10(13-5-1-6-17-13)2-4-12-11(15)9-3-7-16-8-9/h3,7-8H,1-2,4-6H2,(H,12,15). The quantitative estimate of drug-likeness (QED) is 0.832. The fourth-order valence-corrected chi connectivity index (χ4v) is 1.55. The van der Waals surface area contributed by atoms with Crippen LogP contribution in [0.15, 0.2) is 23.0 Å². The number of furan rings is 1. The highest BCUT2D eigenvalue weighted by Gasteiger charge is 2.18. The van der Waals surface area contributed by atoms with E-state index >= 15 is 0 Å². The Balaban J connectivity index is 1.69. The molecule has 6 nitrogen and oxygen atoms in total. The summed E-state index contributed by atoms with van der Waals surface area (Å²) >= 11 is 0. The van der Waals surface area contributed by atoms with Crippen molar-refractivity contribution in [2.24, 2.45) is 0 Å². The molecule has 92 valence electrons. The van der Waals surface area contributed by atoms with Crippen LogP contribution in [0.25, 0.3) is 0 Å². The second kappa shape index (κ2) is 5.49. The minimum Gasteiger partial charge on any atom is -0.472 e. The van der Waals surface area contributed by atoms with Crippen molar-refractivity contribution in [3.8, 4) is 0 Å². The lowest BCUT2D eigenvalue weighted by atomic mass is 10.3. The number of carbonyl (C=O) groups excluding carboxylic acids is 2. The smallest absolute Gasteiger partial charge is 0.254 e. The minimum absolute atomic E-state index is 0.102. The Morgan fingerprint density at radius 1 is 1.47 bits per heavy atom. The van der Waals surface area contributed by atoms with Gasteiger partial charge in [0.25, 0.3) is 5.91 Å². The zero-order valence-electron chi connectivity index (χ0n) is 9.35. The second-order valence-corrected chi connectivity index (χ2v) is 3.70. The highest BCUT2D eigenvalue weighted by Crippen LogP contribution is 2.05. The number of hydrogen-bond acceptors (Lipinski definition) is 4. The van der Waals surface area contributed by atoms with Crippen molar-refractivity contribution in [1.82, 2.24) is 10.4 Å². The SMILES string of the molecule is O=C(NCCC(=O)N1CCCO1)c1ccoc1. The third-order valence-corrected chi connectivity index (χ3v) is 2.44. The Morgan fingerprint density at radius 3 is 3.00 bits per heavy atom. The predicted octanol–water partition coefficient (Wildman–Crippen LogP) is 0.563. The van der Waals surface area contributed by atoms with Gasteiger partial charge in [-0.3, -0.25) is 14.4 Å². The van der Waals surface area contributed by atoms with E-state index in [0.717, 1.165) is 6.42 Å². The monoisotopic (exact) mass is 238 g/mol. The summed E-state index contributed by atoms with van der Waals surface area (Å²) in [5, 5.41) is 3.99. The van der Waals surface area contributed by atoms with E-state index in [1.165, 1.54) is 17.6 Å². The fourth-order valence-electron chi connectivity index (χ4n) is 1.55. The van der Waals surface area contributed by atoms with Gasteiger partial charge in [-0.1, -0.05) is 0 Å². The maximum absolute atomic E-state index is 11.5. The van der Waals surface area contributed by atoms with E-state index in [4.69, 9.17) is 9.25 Å². The highest BCUT2D eigenvalue weighted by molar-refractivity contribution is 5.93. The Bertz CT molecular complexity index is 382. The van der Waals surface area contributed by atoms with Gasteiger partial charge in [-0.25, -0.2) is 5.06 Å². The molecule has 0 aliphatic carbocycles. The Kier molecular flexibility index (Phi) is 3.77. The van der Waals surface area contributed by atoms with Crippen molar-refractivity contribution in [2.75, 3.05) is 19.7 Å². The van der Waals surface area contributed by atoms with E-state index in [-0.39, 0.29) is 18.2 Å². The fraction of sp³-hybridized carbons (Fsp3) is 0.455. The molecule has 1 saturated heterocycles. The topological polar surface area (TPSA) is 71.8 Å². The molecule has 2 amide bonds. The van der Waals surface area contributed by atoms with Crippen molar-refractivity contribution in [3.63, 3.8) is 0 Å². The third kappa shape index (κ3) is 3.07. The van der Waals surface area contributed by atoms with E-state index in [0.29, 0.717) is 25.3 Å². The van der Waals surface area contributed by atoms with Gasteiger partial charge in [0.05, 0.1) is 25.0 Å². The molecule has 0 atom stereocenters. The molecule has 2 rings (SSSR count). The van der Waals surface area contributed by atoms with Crippen molar-refractivity contribution in [2.45, 2.75) is 12.8 Å². The lowest BCUT2D eigenvalue weighted by molar-refractivity contribution is -0.168. The number of amides is 2. The van der Waals surface area contributed by atoms with Crippen molar-refractivity contribution < 1.29 is 18.8 Å². The molecule has 1 aromatic heterocycles. The molecular weight excluding hydrogens is 224 g/mol. The molecule has 0 bridgehead atoms. The largest absolute Gasteiger partial charge is 0.472 e. The average Bonchev–Trinajstić information content (AvgIpc) is 3.02. The number of hydroxylamine groups is 2. The van der Waals surface area contributed by atoms with Crippen LogP contribution in [0.1, 0.15) is 23.2 Å². The van der Waals surface area contributed by atoms with Crippen LogP contribution in [-0.4, -0.2) is 36.6 Å². The lowest BCUT2D eigenvalue weighted by Crippen LogP contribution is -2.32. The van der Waals surface area contributed by atoms with Gasteiger partial charge in [0, 0.05) is 13.0 Å². The zero-order chi connectivity index (χ0) is 12.1. The van der Waals surface area contributed by atoms with Crippen LogP contribution in [0.3, 0.4) is 0 Å². The molecule has 6 heteroatoms. The molecule has 0 unspecified atom stereocenters. The summed E-state index contributed by atoms with van der Waals surface area (Å²) in [5.41, 5.74) is 0.454. The first-order valence-electron chi connectivity index (χ1n) is 5.51. The summed E-state index contributed by atoms with van der Waals surface area (Å²) in [5.74, 6) is -0.344. The number of hydrogen-bond donors (Lipinski definition) is 1. The minimum atomic E-state index is -0.242. The van der Waals surface area contributed by atoms with Crippen molar-refractivity contribution in [3.05, 3.63) is 24.2 Å².